The zero-order valence-electron chi connectivity index (χ0n) is 27.4. The fourth-order valence-corrected chi connectivity index (χ4v) is 6.69. The molecule has 50 heavy (non-hydrogen) atoms. The van der Waals surface area contributed by atoms with E-state index < -0.39 is 0 Å². The molecule has 6 aromatic carbocycles. The molecule has 0 aliphatic rings. The van der Waals surface area contributed by atoms with Gasteiger partial charge in [-0.15, -0.1) is 0 Å². The summed E-state index contributed by atoms with van der Waals surface area (Å²) in [7, 11) is 0. The molecule has 0 unspecified atom stereocenters. The van der Waals surface area contributed by atoms with Crippen molar-refractivity contribution in [1.82, 2.24) is 24.5 Å². The van der Waals surface area contributed by atoms with Gasteiger partial charge >= 0.3 is 0 Å². The molecular formula is C45H31N5. The van der Waals surface area contributed by atoms with Crippen molar-refractivity contribution in [3.05, 3.63) is 176 Å². The van der Waals surface area contributed by atoms with Gasteiger partial charge in [-0.3, -0.25) is 4.98 Å². The van der Waals surface area contributed by atoms with E-state index in [4.69, 9.17) is 19.9 Å². The molecule has 236 valence electrons. The number of benzene rings is 6. The summed E-state index contributed by atoms with van der Waals surface area (Å²) >= 11 is 0. The van der Waals surface area contributed by atoms with Gasteiger partial charge in [-0.2, -0.15) is 0 Å². The first kappa shape index (κ1) is 29.4. The fourth-order valence-electron chi connectivity index (χ4n) is 6.69. The highest BCUT2D eigenvalue weighted by Gasteiger charge is 2.21. The molecule has 0 bridgehead atoms. The molecule has 0 amide bonds. The Balaban J connectivity index is 1.33. The molecule has 9 aromatic rings. The maximum absolute atomic E-state index is 5.17. The zero-order chi connectivity index (χ0) is 33.4. The van der Waals surface area contributed by atoms with Crippen molar-refractivity contribution in [2.45, 2.75) is 6.92 Å². The molecule has 0 atom stereocenters. The molecule has 5 nitrogen and oxygen atoms in total. The highest BCUT2D eigenvalue weighted by Crippen LogP contribution is 2.39. The number of aromatic nitrogens is 5. The maximum atomic E-state index is 5.17. The first-order chi connectivity index (χ1) is 24.7. The molecular weight excluding hydrogens is 611 g/mol. The quantitative estimate of drug-likeness (QED) is 0.181. The average molecular weight is 642 g/mol. The second kappa shape index (κ2) is 12.4. The van der Waals surface area contributed by atoms with Gasteiger partial charge in [0.2, 0.25) is 0 Å². The fraction of sp³-hybridized carbons (Fsp3) is 0.0222. The predicted octanol–water partition coefficient (Wildman–Crippen LogP) is 11.0. The van der Waals surface area contributed by atoms with Gasteiger partial charge < -0.3 is 4.57 Å². The number of fused-ring (bicyclic) bond motifs is 3. The van der Waals surface area contributed by atoms with Crippen molar-refractivity contribution in [2.24, 2.45) is 0 Å². The van der Waals surface area contributed by atoms with Crippen molar-refractivity contribution in [3.63, 3.8) is 0 Å². The van der Waals surface area contributed by atoms with Gasteiger partial charge in [0.25, 0.3) is 0 Å². The summed E-state index contributed by atoms with van der Waals surface area (Å²) in [5.41, 5.74) is 11.4. The van der Waals surface area contributed by atoms with Crippen LogP contribution >= 0.6 is 0 Å². The molecule has 3 aromatic heterocycles. The lowest BCUT2D eigenvalue weighted by Gasteiger charge is -2.16. The standard InChI is InChI=1S/C45H31N5/c1-30-19-21-31(22-20-30)34-23-25-41-37(28-34)36-16-8-9-18-40(36)50(41)42-26-24-35(39-17-10-11-27-46-39)29-38(42)45-48-43(32-12-4-2-5-13-32)47-44(49-45)33-14-6-3-7-15-33/h2-29H,1H3. The molecule has 9 rings (SSSR count). The second-order valence-electron chi connectivity index (χ2n) is 12.4. The molecule has 0 N–H and O–H groups in total. The summed E-state index contributed by atoms with van der Waals surface area (Å²) in [6.07, 6.45) is 1.82. The van der Waals surface area contributed by atoms with Crippen LogP contribution in [0.1, 0.15) is 5.56 Å². The molecule has 0 saturated heterocycles. The molecule has 5 heteroatoms. The summed E-state index contributed by atoms with van der Waals surface area (Å²) < 4.78 is 2.34. The van der Waals surface area contributed by atoms with E-state index in [1.165, 1.54) is 27.5 Å². The van der Waals surface area contributed by atoms with Gasteiger partial charge in [-0.05, 0) is 60.5 Å². The Morgan fingerprint density at radius 1 is 0.420 bits per heavy atom. The minimum absolute atomic E-state index is 0.590. The molecule has 0 aliphatic carbocycles. The summed E-state index contributed by atoms with van der Waals surface area (Å²) in [5.74, 6) is 1.83. The van der Waals surface area contributed by atoms with Gasteiger partial charge in [0.15, 0.2) is 17.5 Å². The molecule has 0 aliphatic heterocycles. The summed E-state index contributed by atoms with van der Waals surface area (Å²) in [4.78, 5) is 20.0. The van der Waals surface area contributed by atoms with Crippen molar-refractivity contribution in [3.8, 4) is 62.2 Å². The van der Waals surface area contributed by atoms with E-state index in [-0.39, 0.29) is 0 Å². The van der Waals surface area contributed by atoms with E-state index >= 15 is 0 Å². The number of hydrogen-bond donors (Lipinski definition) is 0. The lowest BCUT2D eigenvalue weighted by Crippen LogP contribution is -2.04. The van der Waals surface area contributed by atoms with Crippen LogP contribution in [0.25, 0.3) is 84.0 Å². The van der Waals surface area contributed by atoms with E-state index in [0.29, 0.717) is 17.5 Å². The number of hydrogen-bond acceptors (Lipinski definition) is 4. The van der Waals surface area contributed by atoms with Crippen LogP contribution in [0.2, 0.25) is 0 Å². The van der Waals surface area contributed by atoms with Crippen LogP contribution in [0.3, 0.4) is 0 Å². The first-order valence-electron chi connectivity index (χ1n) is 16.7. The number of rotatable bonds is 6. The monoisotopic (exact) mass is 641 g/mol. The molecule has 0 fully saturated rings. The Morgan fingerprint density at radius 3 is 1.72 bits per heavy atom. The number of nitrogens with zero attached hydrogens (tertiary/aromatic N) is 5. The van der Waals surface area contributed by atoms with Crippen molar-refractivity contribution < 1.29 is 0 Å². The van der Waals surface area contributed by atoms with Crippen LogP contribution in [-0.4, -0.2) is 24.5 Å². The van der Waals surface area contributed by atoms with Crippen LogP contribution < -0.4 is 0 Å². The van der Waals surface area contributed by atoms with Crippen LogP contribution in [0.15, 0.2) is 170 Å². The van der Waals surface area contributed by atoms with E-state index in [1.807, 2.05) is 85.1 Å². The Hall–Kier alpha value is -6.72. The molecule has 0 saturated carbocycles. The Bertz CT molecular complexity index is 2570. The minimum Gasteiger partial charge on any atom is -0.309 e. The molecule has 0 spiro atoms. The Kier molecular flexibility index (Phi) is 7.29. The normalized spacial score (nSPS) is 11.3. The third kappa shape index (κ3) is 5.31. The average Bonchev–Trinajstić information content (AvgIpc) is 3.52. The summed E-state index contributed by atoms with van der Waals surface area (Å²) in [6.45, 7) is 2.12. The summed E-state index contributed by atoms with van der Waals surface area (Å²) in [5, 5.41) is 2.37. The Morgan fingerprint density at radius 2 is 1.02 bits per heavy atom. The highest BCUT2D eigenvalue weighted by molar-refractivity contribution is 6.11. The lowest BCUT2D eigenvalue weighted by atomic mass is 10.0. The van der Waals surface area contributed by atoms with Crippen molar-refractivity contribution in [1.29, 1.82) is 0 Å². The van der Waals surface area contributed by atoms with Crippen LogP contribution in [-0.2, 0) is 0 Å². The minimum atomic E-state index is 0.590. The summed E-state index contributed by atoms with van der Waals surface area (Å²) in [6, 6.07) is 56.8. The van der Waals surface area contributed by atoms with Gasteiger partial charge in [0.1, 0.15) is 0 Å². The predicted molar refractivity (Wildman–Crippen MR) is 204 cm³/mol. The first-order valence-corrected chi connectivity index (χ1v) is 16.7. The van der Waals surface area contributed by atoms with E-state index in [9.17, 15) is 0 Å². The van der Waals surface area contributed by atoms with Crippen LogP contribution in [0.5, 0.6) is 0 Å². The van der Waals surface area contributed by atoms with E-state index in [2.05, 4.69) is 96.4 Å². The van der Waals surface area contributed by atoms with Gasteiger partial charge in [-0.25, -0.2) is 15.0 Å². The van der Waals surface area contributed by atoms with Crippen LogP contribution in [0, 0.1) is 6.92 Å². The number of aryl methyl sites for hydroxylation is 1. The zero-order valence-corrected chi connectivity index (χ0v) is 27.4. The topological polar surface area (TPSA) is 56.5 Å². The smallest absolute Gasteiger partial charge is 0.166 e. The van der Waals surface area contributed by atoms with E-state index in [0.717, 1.165) is 44.7 Å². The number of pyridine rings is 1. The SMILES string of the molecule is Cc1ccc(-c2ccc3c(c2)c2ccccc2n3-c2ccc(-c3ccccn3)cc2-c2nc(-c3ccccc3)nc(-c3ccccc3)n2)cc1. The van der Waals surface area contributed by atoms with Gasteiger partial charge in [0, 0.05) is 39.2 Å². The van der Waals surface area contributed by atoms with Crippen LogP contribution in [0.4, 0.5) is 0 Å². The van der Waals surface area contributed by atoms with Crippen molar-refractivity contribution in [2.75, 3.05) is 0 Å². The van der Waals surface area contributed by atoms with Gasteiger partial charge in [-0.1, -0.05) is 127 Å². The Labute approximate surface area is 290 Å². The largest absolute Gasteiger partial charge is 0.309 e. The number of para-hydroxylation sites is 1. The lowest BCUT2D eigenvalue weighted by molar-refractivity contribution is 1.06. The maximum Gasteiger partial charge on any atom is 0.166 e. The third-order valence-corrected chi connectivity index (χ3v) is 9.20. The third-order valence-electron chi connectivity index (χ3n) is 9.20. The van der Waals surface area contributed by atoms with E-state index in [1.54, 1.807) is 0 Å². The second-order valence-corrected chi connectivity index (χ2v) is 12.4. The van der Waals surface area contributed by atoms with Crippen molar-refractivity contribution >= 4 is 21.8 Å². The highest BCUT2D eigenvalue weighted by atomic mass is 15.1. The van der Waals surface area contributed by atoms with Gasteiger partial charge in [0.05, 0.1) is 22.4 Å². The molecule has 0 radical (unpaired) electrons. The molecule has 3 heterocycles.